The molecule has 2 nitrogen and oxygen atoms in total. The van der Waals surface area contributed by atoms with Gasteiger partial charge in [0, 0.05) is 15.9 Å². The normalized spacial score (nSPS) is 12.4. The maximum Gasteiger partial charge on any atom is 0.118 e. The molecule has 0 aliphatic heterocycles. The monoisotopic (exact) mass is 339 g/mol. The summed E-state index contributed by atoms with van der Waals surface area (Å²) in [7, 11) is 1.69. The Labute approximate surface area is 126 Å². The van der Waals surface area contributed by atoms with Gasteiger partial charge >= 0.3 is 0 Å². The van der Waals surface area contributed by atoms with Crippen LogP contribution in [0, 0.1) is 0 Å². The Morgan fingerprint density at radius 1 is 1.26 bits per heavy atom. The summed E-state index contributed by atoms with van der Waals surface area (Å²) in [5.41, 5.74) is 2.65. The maximum absolute atomic E-state index is 5.19. The molecule has 0 saturated carbocycles. The van der Waals surface area contributed by atoms with Gasteiger partial charge in [0.2, 0.25) is 0 Å². The minimum Gasteiger partial charge on any atom is -0.497 e. The van der Waals surface area contributed by atoms with Crippen LogP contribution in [0.2, 0.25) is 0 Å². The summed E-state index contributed by atoms with van der Waals surface area (Å²) in [5, 5.41) is 7.89. The van der Waals surface area contributed by atoms with Crippen molar-refractivity contribution in [3.8, 4) is 5.75 Å². The van der Waals surface area contributed by atoms with E-state index < -0.39 is 0 Å². The summed E-state index contributed by atoms with van der Waals surface area (Å²) >= 11 is 5.35. The molecule has 0 aliphatic carbocycles. The van der Waals surface area contributed by atoms with E-state index in [9.17, 15) is 0 Å². The van der Waals surface area contributed by atoms with E-state index in [0.29, 0.717) is 6.04 Å². The van der Waals surface area contributed by atoms with E-state index in [2.05, 4.69) is 51.1 Å². The Balaban J connectivity index is 2.14. The standard InChI is InChI=1S/C15H18BrNOS/c1-3-17-15(13-9-19-10-14(13)16)8-11-4-6-12(18-2)7-5-11/h4-7,9-10,15,17H,3,8H2,1-2H3. The molecule has 102 valence electrons. The second kappa shape index (κ2) is 7.08. The van der Waals surface area contributed by atoms with E-state index >= 15 is 0 Å². The molecule has 1 aromatic heterocycles. The maximum atomic E-state index is 5.19. The fraction of sp³-hybridized carbons (Fsp3) is 0.333. The SMILES string of the molecule is CCNC(Cc1ccc(OC)cc1)c1cscc1Br. The number of methoxy groups -OCH3 is 1. The van der Waals surface area contributed by atoms with Crippen LogP contribution in [0.4, 0.5) is 0 Å². The van der Waals surface area contributed by atoms with E-state index in [-0.39, 0.29) is 0 Å². The summed E-state index contributed by atoms with van der Waals surface area (Å²) in [6.07, 6.45) is 0.979. The Bertz CT molecular complexity index is 509. The van der Waals surface area contributed by atoms with Crippen LogP contribution < -0.4 is 10.1 Å². The minimum absolute atomic E-state index is 0.346. The summed E-state index contributed by atoms with van der Waals surface area (Å²) in [6, 6.07) is 8.63. The highest BCUT2D eigenvalue weighted by molar-refractivity contribution is 9.10. The molecule has 1 atom stereocenters. The van der Waals surface area contributed by atoms with Crippen LogP contribution in [-0.2, 0) is 6.42 Å². The fourth-order valence-corrected chi connectivity index (χ4v) is 3.70. The summed E-state index contributed by atoms with van der Waals surface area (Å²) < 4.78 is 6.38. The Kier molecular flexibility index (Phi) is 5.43. The topological polar surface area (TPSA) is 21.3 Å². The van der Waals surface area contributed by atoms with E-state index in [1.165, 1.54) is 15.6 Å². The third kappa shape index (κ3) is 3.81. The molecular formula is C15H18BrNOS. The third-order valence-electron chi connectivity index (χ3n) is 3.07. The Morgan fingerprint density at radius 3 is 2.53 bits per heavy atom. The minimum atomic E-state index is 0.346. The highest BCUT2D eigenvalue weighted by Crippen LogP contribution is 2.29. The zero-order chi connectivity index (χ0) is 13.7. The van der Waals surface area contributed by atoms with Gasteiger partial charge in [-0.2, -0.15) is 11.3 Å². The number of thiophene rings is 1. The summed E-state index contributed by atoms with van der Waals surface area (Å²) in [4.78, 5) is 0. The lowest BCUT2D eigenvalue weighted by Gasteiger charge is -2.18. The first kappa shape index (κ1) is 14.6. The largest absolute Gasteiger partial charge is 0.497 e. The molecule has 1 heterocycles. The van der Waals surface area contributed by atoms with Crippen molar-refractivity contribution >= 4 is 27.3 Å². The van der Waals surface area contributed by atoms with Gasteiger partial charge in [-0.3, -0.25) is 0 Å². The lowest BCUT2D eigenvalue weighted by Crippen LogP contribution is -2.22. The molecule has 0 aliphatic rings. The second-order valence-electron chi connectivity index (χ2n) is 4.34. The van der Waals surface area contributed by atoms with Gasteiger partial charge < -0.3 is 10.1 Å². The van der Waals surface area contributed by atoms with Gasteiger partial charge in [0.1, 0.15) is 5.75 Å². The van der Waals surface area contributed by atoms with Crippen LogP contribution in [0.1, 0.15) is 24.1 Å². The molecule has 0 amide bonds. The molecule has 1 unspecified atom stereocenters. The van der Waals surface area contributed by atoms with Crippen molar-refractivity contribution in [2.45, 2.75) is 19.4 Å². The first-order chi connectivity index (χ1) is 9.24. The van der Waals surface area contributed by atoms with Crippen molar-refractivity contribution in [3.05, 3.63) is 50.6 Å². The van der Waals surface area contributed by atoms with Crippen LogP contribution in [0.15, 0.2) is 39.5 Å². The van der Waals surface area contributed by atoms with Crippen molar-refractivity contribution in [1.29, 1.82) is 0 Å². The molecule has 1 aromatic carbocycles. The molecule has 2 rings (SSSR count). The van der Waals surface area contributed by atoms with Gasteiger partial charge in [-0.05, 0) is 57.5 Å². The average molecular weight is 340 g/mol. The Hall–Kier alpha value is -0.840. The van der Waals surface area contributed by atoms with Gasteiger partial charge in [0.25, 0.3) is 0 Å². The molecule has 0 radical (unpaired) electrons. The third-order valence-corrected chi connectivity index (χ3v) is 4.82. The first-order valence-corrected chi connectivity index (χ1v) is 8.06. The smallest absolute Gasteiger partial charge is 0.118 e. The molecule has 1 N–H and O–H groups in total. The molecule has 0 spiro atoms. The second-order valence-corrected chi connectivity index (χ2v) is 5.94. The quantitative estimate of drug-likeness (QED) is 0.841. The van der Waals surface area contributed by atoms with Crippen molar-refractivity contribution in [2.75, 3.05) is 13.7 Å². The lowest BCUT2D eigenvalue weighted by atomic mass is 10.0. The van der Waals surface area contributed by atoms with Crippen LogP contribution in [0.25, 0.3) is 0 Å². The van der Waals surface area contributed by atoms with E-state index in [1.54, 1.807) is 18.4 Å². The number of hydrogen-bond acceptors (Lipinski definition) is 3. The van der Waals surface area contributed by atoms with Crippen LogP contribution in [0.3, 0.4) is 0 Å². The van der Waals surface area contributed by atoms with Gasteiger partial charge in [-0.25, -0.2) is 0 Å². The van der Waals surface area contributed by atoms with Gasteiger partial charge in [-0.1, -0.05) is 19.1 Å². The zero-order valence-electron chi connectivity index (χ0n) is 11.2. The van der Waals surface area contributed by atoms with E-state index in [4.69, 9.17) is 4.74 Å². The van der Waals surface area contributed by atoms with Crippen LogP contribution >= 0.6 is 27.3 Å². The molecule has 0 bridgehead atoms. The van der Waals surface area contributed by atoms with Gasteiger partial charge in [0.05, 0.1) is 7.11 Å². The number of nitrogens with one attached hydrogen (secondary N) is 1. The highest BCUT2D eigenvalue weighted by Gasteiger charge is 2.15. The number of likely N-dealkylation sites (N-methyl/N-ethyl adjacent to an activating group) is 1. The fourth-order valence-electron chi connectivity index (χ4n) is 2.08. The van der Waals surface area contributed by atoms with Crippen molar-refractivity contribution < 1.29 is 4.74 Å². The number of rotatable bonds is 6. The van der Waals surface area contributed by atoms with E-state index in [0.717, 1.165) is 18.7 Å². The zero-order valence-corrected chi connectivity index (χ0v) is 13.6. The molecule has 0 saturated heterocycles. The lowest BCUT2D eigenvalue weighted by molar-refractivity contribution is 0.414. The van der Waals surface area contributed by atoms with Gasteiger partial charge in [0.15, 0.2) is 0 Å². The van der Waals surface area contributed by atoms with E-state index in [1.807, 2.05) is 12.1 Å². The summed E-state index contributed by atoms with van der Waals surface area (Å²) in [5.74, 6) is 0.903. The van der Waals surface area contributed by atoms with Crippen molar-refractivity contribution in [1.82, 2.24) is 5.32 Å². The highest BCUT2D eigenvalue weighted by atomic mass is 79.9. The van der Waals surface area contributed by atoms with Crippen molar-refractivity contribution in [2.24, 2.45) is 0 Å². The molecule has 2 aromatic rings. The van der Waals surface area contributed by atoms with Gasteiger partial charge in [-0.15, -0.1) is 0 Å². The number of benzene rings is 1. The van der Waals surface area contributed by atoms with Crippen LogP contribution in [-0.4, -0.2) is 13.7 Å². The predicted molar refractivity (Wildman–Crippen MR) is 85.1 cm³/mol. The number of ether oxygens (including phenoxy) is 1. The van der Waals surface area contributed by atoms with Crippen molar-refractivity contribution in [3.63, 3.8) is 0 Å². The number of hydrogen-bond donors (Lipinski definition) is 1. The average Bonchev–Trinajstić information content (AvgIpc) is 2.85. The number of halogens is 1. The molecule has 4 heteroatoms. The van der Waals surface area contributed by atoms with Crippen LogP contribution in [0.5, 0.6) is 5.75 Å². The molecular weight excluding hydrogens is 322 g/mol. The molecule has 0 fully saturated rings. The predicted octanol–water partition coefficient (Wildman–Crippen LogP) is 4.41. The summed E-state index contributed by atoms with van der Waals surface area (Å²) in [6.45, 7) is 3.10. The Morgan fingerprint density at radius 2 is 2.00 bits per heavy atom. The first-order valence-electron chi connectivity index (χ1n) is 6.32. The molecule has 19 heavy (non-hydrogen) atoms.